The summed E-state index contributed by atoms with van der Waals surface area (Å²) in [5, 5.41) is 2.89. The van der Waals surface area contributed by atoms with Crippen molar-refractivity contribution in [1.82, 2.24) is 10.3 Å². The van der Waals surface area contributed by atoms with Crippen LogP contribution in [0.2, 0.25) is 0 Å². The number of ether oxygens (including phenoxy) is 1. The van der Waals surface area contributed by atoms with Gasteiger partial charge in [-0.15, -0.1) is 0 Å². The van der Waals surface area contributed by atoms with Gasteiger partial charge in [0.15, 0.2) is 5.76 Å². The number of nitrogens with zero attached hydrogens (tertiary/aromatic N) is 1. The van der Waals surface area contributed by atoms with E-state index in [1.165, 1.54) is 0 Å². The number of aromatic nitrogens is 1. The van der Waals surface area contributed by atoms with E-state index in [1.54, 1.807) is 6.20 Å². The number of oxazole rings is 1. The van der Waals surface area contributed by atoms with Gasteiger partial charge in [-0.1, -0.05) is 30.3 Å². The highest BCUT2D eigenvalue weighted by atomic mass is 16.5. The smallest absolute Gasteiger partial charge is 0.249 e. The van der Waals surface area contributed by atoms with Crippen molar-refractivity contribution in [1.29, 1.82) is 0 Å². The minimum absolute atomic E-state index is 0.0209. The number of benzene rings is 1. The van der Waals surface area contributed by atoms with Gasteiger partial charge in [0.25, 0.3) is 0 Å². The maximum Gasteiger partial charge on any atom is 0.249 e. The molecule has 6 nitrogen and oxygen atoms in total. The molecule has 1 unspecified atom stereocenters. The molecule has 3 atom stereocenters. The third-order valence-corrected chi connectivity index (χ3v) is 3.97. The van der Waals surface area contributed by atoms with Crippen LogP contribution in [0.15, 0.2) is 40.9 Å². The monoisotopic (exact) mass is 315 g/mol. The van der Waals surface area contributed by atoms with E-state index in [0.29, 0.717) is 24.6 Å². The maximum absolute atomic E-state index is 12.2. The number of carbonyl (C=O) groups excluding carboxylic acids is 1. The zero-order valence-electron chi connectivity index (χ0n) is 13.1. The molecule has 1 aliphatic rings. The molecule has 122 valence electrons. The lowest BCUT2D eigenvalue weighted by Crippen LogP contribution is -2.37. The molecule has 0 spiro atoms. The Morgan fingerprint density at radius 3 is 2.87 bits per heavy atom. The van der Waals surface area contributed by atoms with Gasteiger partial charge in [-0.2, -0.15) is 0 Å². The Morgan fingerprint density at radius 1 is 1.39 bits per heavy atom. The average molecular weight is 315 g/mol. The van der Waals surface area contributed by atoms with E-state index in [4.69, 9.17) is 14.9 Å². The number of carbonyl (C=O) groups is 1. The number of nitrogens with one attached hydrogen (secondary N) is 1. The third kappa shape index (κ3) is 3.60. The van der Waals surface area contributed by atoms with E-state index < -0.39 is 6.10 Å². The van der Waals surface area contributed by atoms with Gasteiger partial charge in [0.05, 0.1) is 12.3 Å². The normalized spacial score (nSPS) is 22.0. The Labute approximate surface area is 135 Å². The molecule has 1 aliphatic heterocycles. The van der Waals surface area contributed by atoms with Gasteiger partial charge in [-0.3, -0.25) is 4.79 Å². The summed E-state index contributed by atoms with van der Waals surface area (Å²) in [6.45, 7) is 2.29. The van der Waals surface area contributed by atoms with E-state index in [9.17, 15) is 4.79 Å². The van der Waals surface area contributed by atoms with Crippen molar-refractivity contribution >= 4 is 5.91 Å². The quantitative estimate of drug-likeness (QED) is 0.881. The van der Waals surface area contributed by atoms with Crippen LogP contribution in [0.3, 0.4) is 0 Å². The molecule has 0 radical (unpaired) electrons. The number of rotatable bonds is 5. The van der Waals surface area contributed by atoms with E-state index in [-0.39, 0.29) is 18.1 Å². The van der Waals surface area contributed by atoms with Crippen LogP contribution in [-0.4, -0.2) is 29.6 Å². The summed E-state index contributed by atoms with van der Waals surface area (Å²) >= 11 is 0. The molecule has 23 heavy (non-hydrogen) atoms. The summed E-state index contributed by atoms with van der Waals surface area (Å²) in [6, 6.07) is 9.40. The van der Waals surface area contributed by atoms with Gasteiger partial charge in [-0.05, 0) is 19.8 Å². The standard InChI is InChI=1S/C17H21N3O3/c1-11(20-16(21)14-8-7-13(9-18)22-14)17-19-10-15(23-17)12-5-3-2-4-6-12/h2-6,10-11,13-14H,7-9,18H2,1H3,(H,20,21)/t11?,13-,14+/m1/s1. The van der Waals surface area contributed by atoms with Crippen LogP contribution >= 0.6 is 0 Å². The van der Waals surface area contributed by atoms with Gasteiger partial charge in [0.1, 0.15) is 12.1 Å². The minimum atomic E-state index is -0.436. The van der Waals surface area contributed by atoms with Gasteiger partial charge >= 0.3 is 0 Å². The topological polar surface area (TPSA) is 90.4 Å². The van der Waals surface area contributed by atoms with Crippen molar-refractivity contribution in [2.24, 2.45) is 5.73 Å². The van der Waals surface area contributed by atoms with Crippen LogP contribution in [0.5, 0.6) is 0 Å². The largest absolute Gasteiger partial charge is 0.438 e. The minimum Gasteiger partial charge on any atom is -0.438 e. The highest BCUT2D eigenvalue weighted by Crippen LogP contribution is 2.24. The van der Waals surface area contributed by atoms with Crippen molar-refractivity contribution in [3.8, 4) is 11.3 Å². The van der Waals surface area contributed by atoms with Crippen LogP contribution in [0, 0.1) is 0 Å². The molecular weight excluding hydrogens is 294 g/mol. The molecule has 2 heterocycles. The van der Waals surface area contributed by atoms with E-state index in [0.717, 1.165) is 12.0 Å². The lowest BCUT2D eigenvalue weighted by Gasteiger charge is -2.15. The molecule has 0 aliphatic carbocycles. The Hall–Kier alpha value is -2.18. The molecule has 1 saturated heterocycles. The zero-order chi connectivity index (χ0) is 16.2. The second-order valence-corrected chi connectivity index (χ2v) is 5.72. The summed E-state index contributed by atoms with van der Waals surface area (Å²) in [5.41, 5.74) is 6.52. The third-order valence-electron chi connectivity index (χ3n) is 3.97. The first-order valence-electron chi connectivity index (χ1n) is 7.84. The first-order valence-corrected chi connectivity index (χ1v) is 7.84. The van der Waals surface area contributed by atoms with Crippen LogP contribution in [-0.2, 0) is 9.53 Å². The SMILES string of the molecule is CC(NC(=O)[C@@H]1CC[C@H](CN)O1)c1ncc(-c2ccccc2)o1. The van der Waals surface area contributed by atoms with Gasteiger partial charge < -0.3 is 20.2 Å². The summed E-state index contributed by atoms with van der Waals surface area (Å²) in [6.07, 6.45) is 2.73. The molecule has 0 bridgehead atoms. The Kier molecular flexibility index (Phi) is 4.73. The Bertz CT molecular complexity index is 656. The Balaban J connectivity index is 1.61. The summed E-state index contributed by atoms with van der Waals surface area (Å²) in [5.74, 6) is 1.01. The number of hydrogen-bond donors (Lipinski definition) is 2. The molecule has 6 heteroatoms. The molecule has 1 aromatic carbocycles. The van der Waals surface area contributed by atoms with E-state index in [1.807, 2.05) is 37.3 Å². The summed E-state index contributed by atoms with van der Waals surface area (Å²) < 4.78 is 11.3. The van der Waals surface area contributed by atoms with E-state index in [2.05, 4.69) is 10.3 Å². The van der Waals surface area contributed by atoms with Crippen molar-refractivity contribution in [2.75, 3.05) is 6.54 Å². The second kappa shape index (κ2) is 6.93. The van der Waals surface area contributed by atoms with Crippen LogP contribution in [0.1, 0.15) is 31.7 Å². The average Bonchev–Trinajstić information content (AvgIpc) is 3.25. The van der Waals surface area contributed by atoms with Gasteiger partial charge in [-0.25, -0.2) is 4.98 Å². The van der Waals surface area contributed by atoms with Crippen molar-refractivity contribution < 1.29 is 13.9 Å². The zero-order valence-corrected chi connectivity index (χ0v) is 13.1. The van der Waals surface area contributed by atoms with Crippen LogP contribution < -0.4 is 11.1 Å². The molecule has 3 rings (SSSR count). The number of amides is 1. The summed E-state index contributed by atoms with van der Waals surface area (Å²) in [7, 11) is 0. The fourth-order valence-corrected chi connectivity index (χ4v) is 2.66. The van der Waals surface area contributed by atoms with Crippen LogP contribution in [0.25, 0.3) is 11.3 Å². The Morgan fingerprint density at radius 2 is 2.17 bits per heavy atom. The predicted molar refractivity (Wildman–Crippen MR) is 85.4 cm³/mol. The molecule has 0 saturated carbocycles. The maximum atomic E-state index is 12.2. The highest BCUT2D eigenvalue weighted by Gasteiger charge is 2.31. The van der Waals surface area contributed by atoms with Crippen molar-refractivity contribution in [2.45, 2.75) is 38.0 Å². The first-order chi connectivity index (χ1) is 11.2. The highest BCUT2D eigenvalue weighted by molar-refractivity contribution is 5.81. The molecule has 1 aromatic heterocycles. The molecule has 1 amide bonds. The fraction of sp³-hybridized carbons (Fsp3) is 0.412. The number of nitrogens with two attached hydrogens (primary N) is 1. The molecule has 3 N–H and O–H groups in total. The molecule has 2 aromatic rings. The first kappa shape index (κ1) is 15.7. The molecule has 1 fully saturated rings. The summed E-state index contributed by atoms with van der Waals surface area (Å²) in [4.78, 5) is 16.5. The lowest BCUT2D eigenvalue weighted by molar-refractivity contribution is -0.132. The van der Waals surface area contributed by atoms with Gasteiger partial charge in [0.2, 0.25) is 11.8 Å². The fourth-order valence-electron chi connectivity index (χ4n) is 2.66. The van der Waals surface area contributed by atoms with Crippen LogP contribution in [0.4, 0.5) is 0 Å². The lowest BCUT2D eigenvalue weighted by atomic mass is 10.2. The molecular formula is C17H21N3O3. The second-order valence-electron chi connectivity index (χ2n) is 5.72. The van der Waals surface area contributed by atoms with E-state index >= 15 is 0 Å². The van der Waals surface area contributed by atoms with Gasteiger partial charge in [0, 0.05) is 12.1 Å². The number of hydrogen-bond acceptors (Lipinski definition) is 5. The van der Waals surface area contributed by atoms with Crippen molar-refractivity contribution in [3.05, 3.63) is 42.4 Å². The predicted octanol–water partition coefficient (Wildman–Crippen LogP) is 2.03. The van der Waals surface area contributed by atoms with Crippen molar-refractivity contribution in [3.63, 3.8) is 0 Å².